The lowest BCUT2D eigenvalue weighted by molar-refractivity contribution is 0.661. The Morgan fingerprint density at radius 2 is 0.831 bits per heavy atom. The van der Waals surface area contributed by atoms with Crippen LogP contribution in [0.15, 0.2) is 217 Å². The minimum Gasteiger partial charge on any atom is -0.456 e. The van der Waals surface area contributed by atoms with E-state index in [0.717, 1.165) is 77.4 Å². The first-order chi connectivity index (χ1) is 34.9. The standard InChI is InChI=1S/C63H41N7O/c1-63(2)50-27-15-12-24-43(50)47-37-54-48(36-51(47)63)44-25-13-16-28-52(44)70(54)53-33-31-41(34-49(53)62-68-58(39-20-8-4-9-21-39)64-59(69-62)40-22-10-5-11-23-40)60-65-57(38-18-6-3-7-19-38)66-61(67-60)42-30-32-46-45-26-14-17-29-55(45)71-56(46)35-42/h3-37H,1-2H3. The first-order valence-corrected chi connectivity index (χ1v) is 23.9. The summed E-state index contributed by atoms with van der Waals surface area (Å²) in [6.07, 6.45) is 0. The number of para-hydroxylation sites is 2. The first kappa shape index (κ1) is 40.6. The second-order valence-electron chi connectivity index (χ2n) is 18.7. The summed E-state index contributed by atoms with van der Waals surface area (Å²) in [4.78, 5) is 31.4. The van der Waals surface area contributed by atoms with Crippen molar-refractivity contribution in [2.75, 3.05) is 0 Å². The molecule has 0 saturated carbocycles. The molecule has 9 aromatic carbocycles. The largest absolute Gasteiger partial charge is 0.456 e. The van der Waals surface area contributed by atoms with Crippen LogP contribution >= 0.6 is 0 Å². The van der Waals surface area contributed by atoms with Crippen molar-refractivity contribution in [1.82, 2.24) is 34.5 Å². The van der Waals surface area contributed by atoms with Crippen LogP contribution in [0.2, 0.25) is 0 Å². The Bertz CT molecular complexity index is 4200. The van der Waals surface area contributed by atoms with Crippen molar-refractivity contribution in [1.29, 1.82) is 0 Å². The Morgan fingerprint density at radius 3 is 1.49 bits per heavy atom. The van der Waals surface area contributed by atoms with Crippen LogP contribution in [-0.2, 0) is 5.41 Å². The van der Waals surface area contributed by atoms with E-state index in [-0.39, 0.29) is 5.41 Å². The molecule has 0 bridgehead atoms. The van der Waals surface area contributed by atoms with E-state index in [0.29, 0.717) is 34.9 Å². The monoisotopic (exact) mass is 911 g/mol. The molecular weight excluding hydrogens is 871 g/mol. The molecular formula is C63H41N7O. The molecule has 0 radical (unpaired) electrons. The summed E-state index contributed by atoms with van der Waals surface area (Å²) in [6.45, 7) is 4.67. The van der Waals surface area contributed by atoms with Gasteiger partial charge in [-0.2, -0.15) is 0 Å². The van der Waals surface area contributed by atoms with Crippen molar-refractivity contribution >= 4 is 43.7 Å². The van der Waals surface area contributed by atoms with E-state index in [2.05, 4.69) is 115 Å². The van der Waals surface area contributed by atoms with Crippen LogP contribution < -0.4 is 0 Å². The molecule has 0 saturated heterocycles. The van der Waals surface area contributed by atoms with Crippen molar-refractivity contribution < 1.29 is 4.42 Å². The Labute approximate surface area is 408 Å². The third kappa shape index (κ3) is 6.60. The Balaban J connectivity index is 1.04. The second kappa shape index (κ2) is 15.8. The van der Waals surface area contributed by atoms with E-state index < -0.39 is 0 Å². The maximum Gasteiger partial charge on any atom is 0.166 e. The molecule has 4 aromatic heterocycles. The van der Waals surface area contributed by atoms with Gasteiger partial charge in [0.1, 0.15) is 11.2 Å². The molecule has 0 amide bonds. The third-order valence-corrected chi connectivity index (χ3v) is 14.1. The molecule has 8 heteroatoms. The molecule has 0 aliphatic heterocycles. The number of rotatable bonds is 7. The summed E-state index contributed by atoms with van der Waals surface area (Å²) >= 11 is 0. The Morgan fingerprint density at radius 1 is 0.324 bits per heavy atom. The van der Waals surface area contributed by atoms with Gasteiger partial charge >= 0.3 is 0 Å². The maximum atomic E-state index is 6.36. The zero-order chi connectivity index (χ0) is 47.2. The molecule has 8 nitrogen and oxygen atoms in total. The van der Waals surface area contributed by atoms with Crippen molar-refractivity contribution in [2.24, 2.45) is 0 Å². The van der Waals surface area contributed by atoms with Crippen LogP contribution in [0.3, 0.4) is 0 Å². The lowest BCUT2D eigenvalue weighted by atomic mass is 9.82. The molecule has 0 fully saturated rings. The second-order valence-corrected chi connectivity index (χ2v) is 18.7. The van der Waals surface area contributed by atoms with Crippen molar-refractivity contribution in [3.05, 3.63) is 223 Å². The summed E-state index contributed by atoms with van der Waals surface area (Å²) in [6, 6.07) is 73.3. The van der Waals surface area contributed by atoms with Crippen LogP contribution in [0.25, 0.3) is 129 Å². The molecule has 0 N–H and O–H groups in total. The quantitative estimate of drug-likeness (QED) is 0.157. The third-order valence-electron chi connectivity index (χ3n) is 14.1. The molecule has 0 atom stereocenters. The van der Waals surface area contributed by atoms with Crippen LogP contribution in [-0.4, -0.2) is 34.5 Å². The van der Waals surface area contributed by atoms with Gasteiger partial charge in [0.25, 0.3) is 0 Å². The van der Waals surface area contributed by atoms with Gasteiger partial charge in [-0.3, -0.25) is 0 Å². The lowest BCUT2D eigenvalue weighted by Crippen LogP contribution is -2.14. The van der Waals surface area contributed by atoms with Gasteiger partial charge in [0.05, 0.1) is 16.7 Å². The SMILES string of the molecule is CC1(C)c2ccccc2-c2cc3c(cc21)c1ccccc1n3-c1ccc(-c2nc(-c3ccccc3)nc(-c3ccc4c(c3)oc3ccccc34)n2)cc1-c1nc(-c2ccccc2)nc(-c2ccccc2)n1. The number of benzene rings is 9. The van der Waals surface area contributed by atoms with Gasteiger partial charge in [-0.05, 0) is 76.9 Å². The number of furan rings is 1. The molecule has 14 rings (SSSR count). The fourth-order valence-electron chi connectivity index (χ4n) is 10.6. The minimum absolute atomic E-state index is 0.164. The molecule has 1 aliphatic rings. The topological polar surface area (TPSA) is 95.4 Å². The zero-order valence-electron chi connectivity index (χ0n) is 38.7. The van der Waals surface area contributed by atoms with E-state index in [4.69, 9.17) is 34.3 Å². The van der Waals surface area contributed by atoms with Gasteiger partial charge in [-0.25, -0.2) is 29.9 Å². The Hall–Kier alpha value is -9.40. The zero-order valence-corrected chi connectivity index (χ0v) is 38.7. The molecule has 0 unspecified atom stereocenters. The summed E-state index contributed by atoms with van der Waals surface area (Å²) in [7, 11) is 0. The number of hydrogen-bond donors (Lipinski definition) is 0. The molecule has 71 heavy (non-hydrogen) atoms. The number of hydrogen-bond acceptors (Lipinski definition) is 7. The highest BCUT2D eigenvalue weighted by Crippen LogP contribution is 2.51. The average Bonchev–Trinajstić information content (AvgIpc) is 4.05. The van der Waals surface area contributed by atoms with Gasteiger partial charge in [0, 0.05) is 60.3 Å². The van der Waals surface area contributed by atoms with E-state index in [1.54, 1.807) is 0 Å². The average molecular weight is 912 g/mol. The smallest absolute Gasteiger partial charge is 0.166 e. The van der Waals surface area contributed by atoms with Gasteiger partial charge in [0.15, 0.2) is 34.9 Å². The highest BCUT2D eigenvalue weighted by molar-refractivity contribution is 6.12. The number of fused-ring (bicyclic) bond motifs is 9. The van der Waals surface area contributed by atoms with Crippen LogP contribution in [0.4, 0.5) is 0 Å². The van der Waals surface area contributed by atoms with Gasteiger partial charge in [-0.1, -0.05) is 172 Å². The molecule has 13 aromatic rings. The number of nitrogens with zero attached hydrogens (tertiary/aromatic N) is 7. The maximum absolute atomic E-state index is 6.36. The van der Waals surface area contributed by atoms with Crippen molar-refractivity contribution in [3.63, 3.8) is 0 Å². The predicted molar refractivity (Wildman–Crippen MR) is 285 cm³/mol. The van der Waals surface area contributed by atoms with E-state index >= 15 is 0 Å². The first-order valence-electron chi connectivity index (χ1n) is 23.9. The summed E-state index contributed by atoms with van der Waals surface area (Å²) in [5, 5.41) is 4.44. The van der Waals surface area contributed by atoms with Gasteiger partial charge in [0.2, 0.25) is 0 Å². The molecule has 1 aliphatic carbocycles. The van der Waals surface area contributed by atoms with Gasteiger partial charge < -0.3 is 8.98 Å². The van der Waals surface area contributed by atoms with E-state index in [9.17, 15) is 0 Å². The van der Waals surface area contributed by atoms with E-state index in [1.807, 2.05) is 115 Å². The van der Waals surface area contributed by atoms with Crippen molar-refractivity contribution in [3.8, 4) is 85.1 Å². The van der Waals surface area contributed by atoms with Crippen LogP contribution in [0.1, 0.15) is 25.0 Å². The van der Waals surface area contributed by atoms with E-state index in [1.165, 1.54) is 27.6 Å². The minimum atomic E-state index is -0.164. The summed E-state index contributed by atoms with van der Waals surface area (Å²) in [5.41, 5.74) is 14.7. The number of aromatic nitrogens is 7. The van der Waals surface area contributed by atoms with Crippen LogP contribution in [0, 0.1) is 0 Å². The Kier molecular flexibility index (Phi) is 9.06. The highest BCUT2D eigenvalue weighted by Gasteiger charge is 2.36. The normalized spacial score (nSPS) is 12.8. The van der Waals surface area contributed by atoms with Gasteiger partial charge in [-0.15, -0.1) is 0 Å². The molecule has 334 valence electrons. The fourth-order valence-corrected chi connectivity index (χ4v) is 10.6. The molecule has 4 heterocycles. The summed E-state index contributed by atoms with van der Waals surface area (Å²) < 4.78 is 8.74. The fraction of sp³-hybridized carbons (Fsp3) is 0.0476. The lowest BCUT2D eigenvalue weighted by Gasteiger charge is -2.21. The van der Waals surface area contributed by atoms with Crippen LogP contribution in [0.5, 0.6) is 0 Å². The summed E-state index contributed by atoms with van der Waals surface area (Å²) in [5.74, 6) is 3.24. The predicted octanol–water partition coefficient (Wildman–Crippen LogP) is 15.4. The molecule has 0 spiro atoms. The highest BCUT2D eigenvalue weighted by atomic mass is 16.3. The van der Waals surface area contributed by atoms with Crippen molar-refractivity contribution in [2.45, 2.75) is 19.3 Å².